The summed E-state index contributed by atoms with van der Waals surface area (Å²) in [5, 5.41) is 4.77. The summed E-state index contributed by atoms with van der Waals surface area (Å²) in [5.74, 6) is 1.02. The predicted octanol–water partition coefficient (Wildman–Crippen LogP) is 9.76. The SMILES string of the molecule is C=C(/C=C\C=C/C)C1C=CC(c2nc(-c3cccc4ccccc34)cc(-c3cccc4ccccc34)n2)=CC1. The van der Waals surface area contributed by atoms with Gasteiger partial charge in [-0.1, -0.05) is 134 Å². The molecule has 6 rings (SSSR count). The largest absolute Gasteiger partial charge is 0.228 e. The van der Waals surface area contributed by atoms with E-state index in [0.717, 1.165) is 45.9 Å². The Morgan fingerprint density at radius 2 is 1.36 bits per heavy atom. The maximum Gasteiger partial charge on any atom is 0.160 e. The third-order valence-corrected chi connectivity index (χ3v) is 7.31. The number of fused-ring (bicyclic) bond motifs is 2. The lowest BCUT2D eigenvalue weighted by Crippen LogP contribution is -2.04. The van der Waals surface area contributed by atoms with E-state index in [4.69, 9.17) is 9.97 Å². The average molecular weight is 503 g/mol. The van der Waals surface area contributed by atoms with Gasteiger partial charge in [-0.05, 0) is 46.5 Å². The topological polar surface area (TPSA) is 25.8 Å². The second-order valence-electron chi connectivity index (χ2n) is 9.84. The average Bonchev–Trinajstić information content (AvgIpc) is 3.00. The number of allylic oxidation sites excluding steroid dienone is 9. The van der Waals surface area contributed by atoms with Gasteiger partial charge in [-0.15, -0.1) is 0 Å². The zero-order valence-corrected chi connectivity index (χ0v) is 22.1. The van der Waals surface area contributed by atoms with Gasteiger partial charge < -0.3 is 0 Å². The molecule has 0 radical (unpaired) electrons. The Morgan fingerprint density at radius 1 is 0.769 bits per heavy atom. The normalized spacial score (nSPS) is 15.4. The fourth-order valence-corrected chi connectivity index (χ4v) is 5.22. The van der Waals surface area contributed by atoms with Gasteiger partial charge in [-0.2, -0.15) is 0 Å². The first kappa shape index (κ1) is 24.5. The van der Waals surface area contributed by atoms with E-state index < -0.39 is 0 Å². The number of nitrogens with zero attached hydrogens (tertiary/aromatic N) is 2. The molecule has 0 N–H and O–H groups in total. The van der Waals surface area contributed by atoms with Gasteiger partial charge in [-0.3, -0.25) is 0 Å². The Kier molecular flexibility index (Phi) is 6.84. The minimum Gasteiger partial charge on any atom is -0.228 e. The number of aromatic nitrogens is 2. The van der Waals surface area contributed by atoms with E-state index in [1.54, 1.807) is 0 Å². The molecule has 1 unspecified atom stereocenters. The van der Waals surface area contributed by atoms with Crippen LogP contribution in [0.3, 0.4) is 0 Å². The second-order valence-corrected chi connectivity index (χ2v) is 9.84. The summed E-state index contributed by atoms with van der Waals surface area (Å²) >= 11 is 0. The van der Waals surface area contributed by atoms with E-state index in [2.05, 4.69) is 122 Å². The Balaban J connectivity index is 1.47. The highest BCUT2D eigenvalue weighted by Gasteiger charge is 2.17. The van der Waals surface area contributed by atoms with Gasteiger partial charge in [0.2, 0.25) is 0 Å². The summed E-state index contributed by atoms with van der Waals surface area (Å²) in [6.07, 6.45) is 15.7. The molecule has 1 aliphatic rings. The molecular weight excluding hydrogens is 472 g/mol. The van der Waals surface area contributed by atoms with Crippen molar-refractivity contribution >= 4 is 27.1 Å². The van der Waals surface area contributed by atoms with Crippen molar-refractivity contribution in [2.45, 2.75) is 13.3 Å². The molecular formula is C37H30N2. The molecule has 0 bridgehead atoms. The van der Waals surface area contributed by atoms with Gasteiger partial charge in [0.15, 0.2) is 5.82 Å². The minimum atomic E-state index is 0.272. The summed E-state index contributed by atoms with van der Waals surface area (Å²) in [7, 11) is 0. The molecule has 0 saturated heterocycles. The molecule has 4 aromatic carbocycles. The molecule has 0 aliphatic heterocycles. The monoisotopic (exact) mass is 502 g/mol. The second kappa shape index (κ2) is 10.9. The van der Waals surface area contributed by atoms with Crippen molar-refractivity contribution in [3.8, 4) is 22.5 Å². The molecule has 0 spiro atoms. The van der Waals surface area contributed by atoms with Crippen LogP contribution in [0.2, 0.25) is 0 Å². The minimum absolute atomic E-state index is 0.272. The third-order valence-electron chi connectivity index (χ3n) is 7.31. The molecule has 0 saturated carbocycles. The summed E-state index contributed by atoms with van der Waals surface area (Å²) in [6.45, 7) is 6.30. The van der Waals surface area contributed by atoms with E-state index in [-0.39, 0.29) is 5.92 Å². The van der Waals surface area contributed by atoms with E-state index in [0.29, 0.717) is 0 Å². The van der Waals surface area contributed by atoms with Crippen molar-refractivity contribution in [3.63, 3.8) is 0 Å². The lowest BCUT2D eigenvalue weighted by molar-refractivity contribution is 0.791. The van der Waals surface area contributed by atoms with Crippen molar-refractivity contribution in [1.29, 1.82) is 0 Å². The fraction of sp³-hybridized carbons (Fsp3) is 0.0811. The Labute approximate surface area is 230 Å². The lowest BCUT2D eigenvalue weighted by atomic mass is 9.90. The summed E-state index contributed by atoms with van der Waals surface area (Å²) in [5.41, 5.74) is 6.21. The maximum absolute atomic E-state index is 5.14. The van der Waals surface area contributed by atoms with Crippen LogP contribution in [-0.2, 0) is 0 Å². The lowest BCUT2D eigenvalue weighted by Gasteiger charge is -2.17. The van der Waals surface area contributed by atoms with Crippen LogP contribution in [0, 0.1) is 5.92 Å². The van der Waals surface area contributed by atoms with Gasteiger partial charge in [-0.25, -0.2) is 9.97 Å². The van der Waals surface area contributed by atoms with Gasteiger partial charge >= 0.3 is 0 Å². The van der Waals surface area contributed by atoms with Crippen molar-refractivity contribution in [2.24, 2.45) is 5.92 Å². The van der Waals surface area contributed by atoms with Gasteiger partial charge in [0.05, 0.1) is 11.4 Å². The highest BCUT2D eigenvalue weighted by Crippen LogP contribution is 2.35. The molecule has 1 atom stereocenters. The van der Waals surface area contributed by atoms with Gasteiger partial charge in [0, 0.05) is 22.6 Å². The summed E-state index contributed by atoms with van der Waals surface area (Å²) in [4.78, 5) is 10.3. The zero-order chi connectivity index (χ0) is 26.6. The Bertz CT molecular complexity index is 1710. The van der Waals surface area contributed by atoms with E-state index in [1.807, 2.05) is 25.2 Å². The third kappa shape index (κ3) is 5.02. The van der Waals surface area contributed by atoms with Crippen molar-refractivity contribution in [2.75, 3.05) is 0 Å². The molecule has 188 valence electrons. The van der Waals surface area contributed by atoms with Gasteiger partial charge in [0.1, 0.15) is 0 Å². The molecule has 0 amide bonds. The molecule has 1 heterocycles. The first-order valence-electron chi connectivity index (χ1n) is 13.4. The molecule has 2 heteroatoms. The van der Waals surface area contributed by atoms with Crippen LogP contribution in [0.4, 0.5) is 0 Å². The predicted molar refractivity (Wildman–Crippen MR) is 166 cm³/mol. The highest BCUT2D eigenvalue weighted by atomic mass is 14.9. The number of rotatable bonds is 6. The van der Waals surface area contributed by atoms with Crippen molar-refractivity contribution in [3.05, 3.63) is 152 Å². The Hall–Kier alpha value is -4.82. The van der Waals surface area contributed by atoms with Crippen LogP contribution in [0.1, 0.15) is 19.2 Å². The van der Waals surface area contributed by atoms with Gasteiger partial charge in [0.25, 0.3) is 0 Å². The van der Waals surface area contributed by atoms with E-state index >= 15 is 0 Å². The van der Waals surface area contributed by atoms with Crippen LogP contribution in [0.25, 0.3) is 49.6 Å². The summed E-state index contributed by atoms with van der Waals surface area (Å²) in [6, 6.07) is 31.9. The summed E-state index contributed by atoms with van der Waals surface area (Å²) < 4.78 is 0. The standard InChI is InChI=1S/C37H30N2/c1-3-4-5-12-26(2)27-21-23-30(24-22-27)37-38-35(33-19-10-15-28-13-6-8-17-31(28)33)25-36(39-37)34-20-11-16-29-14-7-9-18-32(29)34/h3-21,23-25,27H,2,22H2,1H3/b4-3-,12-5-. The van der Waals surface area contributed by atoms with Crippen molar-refractivity contribution in [1.82, 2.24) is 9.97 Å². The molecule has 1 aromatic heterocycles. The highest BCUT2D eigenvalue weighted by molar-refractivity contribution is 5.99. The first-order valence-corrected chi connectivity index (χ1v) is 13.4. The van der Waals surface area contributed by atoms with Crippen LogP contribution in [-0.4, -0.2) is 9.97 Å². The van der Waals surface area contributed by atoms with E-state index in [9.17, 15) is 0 Å². The maximum atomic E-state index is 5.14. The molecule has 1 aliphatic carbocycles. The fourth-order valence-electron chi connectivity index (χ4n) is 5.22. The molecule has 0 fully saturated rings. The first-order chi connectivity index (χ1) is 19.2. The molecule has 2 nitrogen and oxygen atoms in total. The number of hydrogen-bond acceptors (Lipinski definition) is 2. The molecule has 39 heavy (non-hydrogen) atoms. The van der Waals surface area contributed by atoms with Crippen molar-refractivity contribution < 1.29 is 0 Å². The van der Waals surface area contributed by atoms with Crippen LogP contribution < -0.4 is 0 Å². The van der Waals surface area contributed by atoms with Crippen LogP contribution in [0.15, 0.2) is 146 Å². The number of benzene rings is 4. The molecule has 5 aromatic rings. The smallest absolute Gasteiger partial charge is 0.160 e. The van der Waals surface area contributed by atoms with Crippen LogP contribution >= 0.6 is 0 Å². The zero-order valence-electron chi connectivity index (χ0n) is 22.1. The Morgan fingerprint density at radius 3 is 1.92 bits per heavy atom. The quantitative estimate of drug-likeness (QED) is 0.216. The number of hydrogen-bond donors (Lipinski definition) is 0. The van der Waals surface area contributed by atoms with Crippen LogP contribution in [0.5, 0.6) is 0 Å². The van der Waals surface area contributed by atoms with E-state index in [1.165, 1.54) is 21.5 Å².